The van der Waals surface area contributed by atoms with Gasteiger partial charge < -0.3 is 19.5 Å². The number of rotatable bonds is 4. The summed E-state index contributed by atoms with van der Waals surface area (Å²) in [4.78, 5) is 24.6. The summed E-state index contributed by atoms with van der Waals surface area (Å²) in [6.45, 7) is 4.69. The van der Waals surface area contributed by atoms with E-state index in [-0.39, 0.29) is 11.9 Å². The molecule has 6 nitrogen and oxygen atoms in total. The van der Waals surface area contributed by atoms with Crippen LogP contribution in [0.15, 0.2) is 18.2 Å². The van der Waals surface area contributed by atoms with Gasteiger partial charge in [0.1, 0.15) is 13.2 Å². The number of benzene rings is 1. The van der Waals surface area contributed by atoms with E-state index in [2.05, 4.69) is 12.2 Å². The molecule has 1 heterocycles. The van der Waals surface area contributed by atoms with Crippen molar-refractivity contribution in [2.45, 2.75) is 51.7 Å². The van der Waals surface area contributed by atoms with Gasteiger partial charge in [-0.1, -0.05) is 19.8 Å². The van der Waals surface area contributed by atoms with E-state index in [1.807, 2.05) is 0 Å². The van der Waals surface area contributed by atoms with Crippen LogP contribution >= 0.6 is 0 Å². The van der Waals surface area contributed by atoms with Crippen LogP contribution in [0.5, 0.6) is 11.5 Å². The van der Waals surface area contributed by atoms with Crippen LogP contribution in [0.25, 0.3) is 0 Å². The van der Waals surface area contributed by atoms with Crippen LogP contribution in [0.4, 0.5) is 0 Å². The third kappa shape index (κ3) is 4.24. The Morgan fingerprint density at radius 3 is 2.64 bits per heavy atom. The van der Waals surface area contributed by atoms with Gasteiger partial charge in [0.2, 0.25) is 0 Å². The van der Waals surface area contributed by atoms with E-state index in [0.29, 0.717) is 36.2 Å². The standard InChI is InChI=1S/C19H25NO5/c1-12-5-3-4-6-15(12)20-18(21)13(2)25-19(22)14-7-8-16-17(11-14)24-10-9-23-16/h7-8,11-13,15H,3-6,9-10H2,1-2H3,(H,20,21)/t12-,13+,15+/m0/s1. The number of nitrogens with one attached hydrogen (secondary N) is 1. The maximum Gasteiger partial charge on any atom is 0.339 e. The first-order chi connectivity index (χ1) is 12.0. The van der Waals surface area contributed by atoms with Crippen molar-refractivity contribution in [2.75, 3.05) is 13.2 Å². The van der Waals surface area contributed by atoms with Crippen molar-refractivity contribution >= 4 is 11.9 Å². The summed E-state index contributed by atoms with van der Waals surface area (Å²) < 4.78 is 16.2. The quantitative estimate of drug-likeness (QED) is 0.848. The zero-order valence-electron chi connectivity index (χ0n) is 14.7. The summed E-state index contributed by atoms with van der Waals surface area (Å²) in [7, 11) is 0. The molecular weight excluding hydrogens is 322 g/mol. The highest BCUT2D eigenvalue weighted by Crippen LogP contribution is 2.31. The Hall–Kier alpha value is -2.24. The first kappa shape index (κ1) is 17.6. The molecule has 1 saturated carbocycles. The lowest BCUT2D eigenvalue weighted by Gasteiger charge is -2.30. The molecule has 1 aliphatic heterocycles. The summed E-state index contributed by atoms with van der Waals surface area (Å²) >= 11 is 0. The first-order valence-electron chi connectivity index (χ1n) is 8.95. The number of amides is 1. The van der Waals surface area contributed by atoms with Gasteiger partial charge in [-0.2, -0.15) is 0 Å². The maximum atomic E-state index is 12.3. The SMILES string of the molecule is C[C@@H](OC(=O)c1ccc2c(c1)OCCO2)C(=O)N[C@@H]1CCCC[C@@H]1C. The molecule has 0 bridgehead atoms. The smallest absolute Gasteiger partial charge is 0.339 e. The van der Waals surface area contributed by atoms with Crippen molar-refractivity contribution in [2.24, 2.45) is 5.92 Å². The van der Waals surface area contributed by atoms with Crippen LogP contribution in [0.1, 0.15) is 49.9 Å². The predicted octanol–water partition coefficient (Wildman–Crippen LogP) is 2.70. The van der Waals surface area contributed by atoms with E-state index in [1.165, 1.54) is 6.42 Å². The Bertz CT molecular complexity index is 645. The maximum absolute atomic E-state index is 12.3. The number of carbonyl (C=O) groups is 2. The minimum atomic E-state index is -0.838. The molecule has 0 saturated heterocycles. The van der Waals surface area contributed by atoms with Gasteiger partial charge in [-0.25, -0.2) is 4.79 Å². The number of fused-ring (bicyclic) bond motifs is 1. The molecule has 1 amide bonds. The van der Waals surface area contributed by atoms with Crippen LogP contribution in [-0.4, -0.2) is 37.2 Å². The average molecular weight is 347 g/mol. The fraction of sp³-hybridized carbons (Fsp3) is 0.579. The topological polar surface area (TPSA) is 73.9 Å². The Balaban J connectivity index is 1.57. The van der Waals surface area contributed by atoms with Gasteiger partial charge in [-0.15, -0.1) is 0 Å². The lowest BCUT2D eigenvalue weighted by atomic mass is 9.86. The van der Waals surface area contributed by atoms with Gasteiger partial charge in [0.05, 0.1) is 5.56 Å². The van der Waals surface area contributed by atoms with Crippen molar-refractivity contribution in [1.29, 1.82) is 0 Å². The van der Waals surface area contributed by atoms with Gasteiger partial charge in [0.15, 0.2) is 17.6 Å². The molecule has 1 aliphatic carbocycles. The summed E-state index contributed by atoms with van der Waals surface area (Å²) in [5.74, 6) is 0.799. The molecule has 25 heavy (non-hydrogen) atoms. The Labute approximate surface area is 147 Å². The van der Waals surface area contributed by atoms with Crippen molar-refractivity contribution < 1.29 is 23.8 Å². The highest BCUT2D eigenvalue weighted by Gasteiger charge is 2.27. The normalized spacial score (nSPS) is 23.4. The van der Waals surface area contributed by atoms with E-state index in [1.54, 1.807) is 25.1 Å². The molecule has 2 aliphatic rings. The largest absolute Gasteiger partial charge is 0.486 e. The molecule has 0 aromatic heterocycles. The average Bonchev–Trinajstić information content (AvgIpc) is 2.63. The van der Waals surface area contributed by atoms with Gasteiger partial charge in [-0.3, -0.25) is 4.79 Å². The minimum Gasteiger partial charge on any atom is -0.486 e. The number of ether oxygens (including phenoxy) is 3. The fourth-order valence-electron chi connectivity index (χ4n) is 3.28. The van der Waals surface area contributed by atoms with Crippen LogP contribution in [0.3, 0.4) is 0 Å². The molecule has 136 valence electrons. The van der Waals surface area contributed by atoms with Crippen molar-refractivity contribution in [1.82, 2.24) is 5.32 Å². The lowest BCUT2D eigenvalue weighted by Crippen LogP contribution is -2.45. The molecule has 0 unspecified atom stereocenters. The third-order valence-corrected chi connectivity index (χ3v) is 4.87. The van der Waals surface area contributed by atoms with E-state index >= 15 is 0 Å². The molecule has 3 atom stereocenters. The van der Waals surface area contributed by atoms with Gasteiger partial charge in [0.25, 0.3) is 5.91 Å². The van der Waals surface area contributed by atoms with Gasteiger partial charge in [-0.05, 0) is 43.9 Å². The summed E-state index contributed by atoms with van der Waals surface area (Å²) in [6.07, 6.45) is 3.60. The first-order valence-corrected chi connectivity index (χ1v) is 8.95. The molecule has 3 rings (SSSR count). The molecule has 0 spiro atoms. The summed E-state index contributed by atoms with van der Waals surface area (Å²) in [5.41, 5.74) is 0.343. The Morgan fingerprint density at radius 1 is 1.16 bits per heavy atom. The van der Waals surface area contributed by atoms with E-state index in [4.69, 9.17) is 14.2 Å². The second kappa shape index (κ2) is 7.76. The van der Waals surface area contributed by atoms with Crippen LogP contribution in [0.2, 0.25) is 0 Å². The molecule has 1 aromatic carbocycles. The van der Waals surface area contributed by atoms with E-state index in [0.717, 1.165) is 19.3 Å². The zero-order valence-corrected chi connectivity index (χ0v) is 14.7. The van der Waals surface area contributed by atoms with Crippen LogP contribution in [-0.2, 0) is 9.53 Å². The molecule has 0 radical (unpaired) electrons. The predicted molar refractivity (Wildman–Crippen MR) is 91.9 cm³/mol. The van der Waals surface area contributed by atoms with Crippen LogP contribution in [0, 0.1) is 5.92 Å². The number of carbonyl (C=O) groups excluding carboxylic acids is 2. The number of hydrogen-bond acceptors (Lipinski definition) is 5. The second-order valence-corrected chi connectivity index (χ2v) is 6.78. The third-order valence-electron chi connectivity index (χ3n) is 4.87. The summed E-state index contributed by atoms with van der Waals surface area (Å²) in [6, 6.07) is 5.05. The molecule has 6 heteroatoms. The lowest BCUT2D eigenvalue weighted by molar-refractivity contribution is -0.130. The molecule has 1 N–H and O–H groups in total. The number of hydrogen-bond donors (Lipinski definition) is 1. The fourth-order valence-corrected chi connectivity index (χ4v) is 3.28. The molecule has 1 aromatic rings. The highest BCUT2D eigenvalue weighted by molar-refractivity contribution is 5.93. The monoisotopic (exact) mass is 347 g/mol. The van der Waals surface area contributed by atoms with Crippen molar-refractivity contribution in [3.8, 4) is 11.5 Å². The van der Waals surface area contributed by atoms with E-state index in [9.17, 15) is 9.59 Å². The molecular formula is C19H25NO5. The van der Waals surface area contributed by atoms with Gasteiger partial charge >= 0.3 is 5.97 Å². The highest BCUT2D eigenvalue weighted by atomic mass is 16.6. The molecule has 1 fully saturated rings. The summed E-state index contributed by atoms with van der Waals surface area (Å²) in [5, 5.41) is 3.01. The minimum absolute atomic E-state index is 0.164. The van der Waals surface area contributed by atoms with E-state index < -0.39 is 12.1 Å². The van der Waals surface area contributed by atoms with Crippen molar-refractivity contribution in [3.63, 3.8) is 0 Å². The van der Waals surface area contributed by atoms with Gasteiger partial charge in [0, 0.05) is 6.04 Å². The second-order valence-electron chi connectivity index (χ2n) is 6.78. The number of esters is 1. The Morgan fingerprint density at radius 2 is 1.88 bits per heavy atom. The van der Waals surface area contributed by atoms with Crippen LogP contribution < -0.4 is 14.8 Å². The van der Waals surface area contributed by atoms with Crippen molar-refractivity contribution in [3.05, 3.63) is 23.8 Å². The zero-order chi connectivity index (χ0) is 17.8. The Kier molecular flexibility index (Phi) is 5.46.